The van der Waals surface area contributed by atoms with Crippen LogP contribution in [0.5, 0.6) is 0 Å². The Morgan fingerprint density at radius 3 is 2.82 bits per heavy atom. The summed E-state index contributed by atoms with van der Waals surface area (Å²) < 4.78 is 2.00. The molecule has 90 valence electrons. The summed E-state index contributed by atoms with van der Waals surface area (Å²) in [6, 6.07) is 6.34. The van der Waals surface area contributed by atoms with Crippen LogP contribution in [-0.4, -0.2) is 9.78 Å². The van der Waals surface area contributed by atoms with E-state index in [4.69, 9.17) is 10.8 Å². The Bertz CT molecular complexity index is 536. The molecule has 3 heteroatoms. The molecular weight excluding hydrogens is 210 g/mol. The SMILES string of the molecule is Cn1nc(C2CCCC2)c2c(CN)cccc21. The lowest BCUT2D eigenvalue weighted by Crippen LogP contribution is -2.00. The first-order valence-corrected chi connectivity index (χ1v) is 6.46. The van der Waals surface area contributed by atoms with Gasteiger partial charge in [0.05, 0.1) is 11.2 Å². The van der Waals surface area contributed by atoms with Gasteiger partial charge < -0.3 is 5.73 Å². The first-order chi connectivity index (χ1) is 8.31. The van der Waals surface area contributed by atoms with Gasteiger partial charge in [0.25, 0.3) is 0 Å². The second-order valence-electron chi connectivity index (χ2n) is 5.01. The Balaban J connectivity index is 2.23. The zero-order chi connectivity index (χ0) is 11.8. The molecule has 1 aromatic carbocycles. The van der Waals surface area contributed by atoms with E-state index in [1.807, 2.05) is 11.7 Å². The van der Waals surface area contributed by atoms with Gasteiger partial charge in [-0.25, -0.2) is 0 Å². The van der Waals surface area contributed by atoms with Gasteiger partial charge in [0.2, 0.25) is 0 Å². The molecule has 1 fully saturated rings. The molecule has 2 aromatic rings. The van der Waals surface area contributed by atoms with Gasteiger partial charge >= 0.3 is 0 Å². The minimum atomic E-state index is 0.600. The zero-order valence-electron chi connectivity index (χ0n) is 10.3. The van der Waals surface area contributed by atoms with Crippen molar-refractivity contribution in [1.29, 1.82) is 0 Å². The maximum atomic E-state index is 5.86. The molecule has 17 heavy (non-hydrogen) atoms. The highest BCUT2D eigenvalue weighted by molar-refractivity contribution is 5.86. The summed E-state index contributed by atoms with van der Waals surface area (Å²) in [6.45, 7) is 0.600. The highest BCUT2D eigenvalue weighted by atomic mass is 15.3. The summed E-state index contributed by atoms with van der Waals surface area (Å²) in [4.78, 5) is 0. The zero-order valence-corrected chi connectivity index (χ0v) is 10.3. The van der Waals surface area contributed by atoms with Crippen LogP contribution in [0.15, 0.2) is 18.2 Å². The monoisotopic (exact) mass is 229 g/mol. The van der Waals surface area contributed by atoms with Crippen LogP contribution in [0.4, 0.5) is 0 Å². The van der Waals surface area contributed by atoms with Crippen molar-refractivity contribution in [3.63, 3.8) is 0 Å². The number of rotatable bonds is 2. The van der Waals surface area contributed by atoms with E-state index in [-0.39, 0.29) is 0 Å². The molecule has 1 aromatic heterocycles. The third-order valence-corrected chi connectivity index (χ3v) is 3.95. The molecule has 1 aliphatic rings. The van der Waals surface area contributed by atoms with E-state index >= 15 is 0 Å². The van der Waals surface area contributed by atoms with Gasteiger partial charge in [-0.1, -0.05) is 25.0 Å². The molecule has 0 radical (unpaired) electrons. The second kappa shape index (κ2) is 4.15. The number of aryl methyl sites for hydroxylation is 1. The third-order valence-electron chi connectivity index (χ3n) is 3.95. The van der Waals surface area contributed by atoms with Crippen LogP contribution < -0.4 is 5.73 Å². The molecule has 0 spiro atoms. The molecular formula is C14H19N3. The molecule has 1 aliphatic carbocycles. The number of hydrogen-bond donors (Lipinski definition) is 1. The predicted molar refractivity (Wildman–Crippen MR) is 69.8 cm³/mol. The topological polar surface area (TPSA) is 43.8 Å². The van der Waals surface area contributed by atoms with E-state index in [2.05, 4.69) is 18.2 Å². The van der Waals surface area contributed by atoms with Crippen molar-refractivity contribution in [2.45, 2.75) is 38.1 Å². The number of hydrogen-bond acceptors (Lipinski definition) is 2. The minimum Gasteiger partial charge on any atom is -0.326 e. The quantitative estimate of drug-likeness (QED) is 0.860. The molecule has 2 N–H and O–H groups in total. The first-order valence-electron chi connectivity index (χ1n) is 6.46. The van der Waals surface area contributed by atoms with E-state index in [1.165, 1.54) is 47.8 Å². The van der Waals surface area contributed by atoms with Gasteiger partial charge in [0.15, 0.2) is 0 Å². The summed E-state index contributed by atoms with van der Waals surface area (Å²) in [5, 5.41) is 6.05. The number of benzene rings is 1. The molecule has 1 saturated carbocycles. The van der Waals surface area contributed by atoms with Crippen molar-refractivity contribution < 1.29 is 0 Å². The Kier molecular flexibility index (Phi) is 2.63. The fourth-order valence-corrected chi connectivity index (χ4v) is 3.07. The molecule has 0 unspecified atom stereocenters. The summed E-state index contributed by atoms with van der Waals surface area (Å²) in [6.07, 6.45) is 5.25. The molecule has 0 amide bonds. The molecule has 0 aliphatic heterocycles. The van der Waals surface area contributed by atoms with Gasteiger partial charge in [-0.3, -0.25) is 4.68 Å². The predicted octanol–water partition coefficient (Wildman–Crippen LogP) is 2.69. The molecule has 0 saturated heterocycles. The van der Waals surface area contributed by atoms with Crippen molar-refractivity contribution in [1.82, 2.24) is 9.78 Å². The average Bonchev–Trinajstić information content (AvgIpc) is 2.97. The van der Waals surface area contributed by atoms with Crippen molar-refractivity contribution in [2.24, 2.45) is 12.8 Å². The van der Waals surface area contributed by atoms with E-state index in [9.17, 15) is 0 Å². The smallest absolute Gasteiger partial charge is 0.0737 e. The molecule has 0 atom stereocenters. The molecule has 3 rings (SSSR count). The Morgan fingerprint density at radius 1 is 1.35 bits per heavy atom. The Labute approximate surface area is 102 Å². The van der Waals surface area contributed by atoms with Crippen LogP contribution in [0.1, 0.15) is 42.9 Å². The van der Waals surface area contributed by atoms with Gasteiger partial charge in [-0.2, -0.15) is 5.10 Å². The molecule has 0 bridgehead atoms. The van der Waals surface area contributed by atoms with E-state index < -0.39 is 0 Å². The maximum Gasteiger partial charge on any atom is 0.0737 e. The van der Waals surface area contributed by atoms with E-state index in [0.717, 1.165) is 0 Å². The Morgan fingerprint density at radius 2 is 2.12 bits per heavy atom. The van der Waals surface area contributed by atoms with E-state index in [0.29, 0.717) is 12.5 Å². The standard InChI is InChI=1S/C14H19N3/c1-17-12-8-4-7-11(9-15)13(12)14(16-17)10-5-2-3-6-10/h4,7-8,10H,2-3,5-6,9,15H2,1H3. The minimum absolute atomic E-state index is 0.600. The summed E-state index contributed by atoms with van der Waals surface area (Å²) in [7, 11) is 2.03. The number of nitrogens with two attached hydrogens (primary N) is 1. The Hall–Kier alpha value is -1.35. The van der Waals surface area contributed by atoms with Gasteiger partial charge in [-0.15, -0.1) is 0 Å². The van der Waals surface area contributed by atoms with Crippen LogP contribution >= 0.6 is 0 Å². The lowest BCUT2D eigenvalue weighted by atomic mass is 9.97. The number of nitrogens with zero attached hydrogens (tertiary/aromatic N) is 2. The summed E-state index contributed by atoms with van der Waals surface area (Å²) in [5.41, 5.74) is 9.59. The van der Waals surface area contributed by atoms with Crippen LogP contribution in [0.25, 0.3) is 10.9 Å². The summed E-state index contributed by atoms with van der Waals surface area (Å²) >= 11 is 0. The van der Waals surface area contributed by atoms with Crippen LogP contribution in [-0.2, 0) is 13.6 Å². The number of fused-ring (bicyclic) bond motifs is 1. The van der Waals surface area contributed by atoms with Crippen LogP contribution in [0.2, 0.25) is 0 Å². The van der Waals surface area contributed by atoms with E-state index in [1.54, 1.807) is 0 Å². The van der Waals surface area contributed by atoms with Crippen molar-refractivity contribution in [3.05, 3.63) is 29.5 Å². The number of aromatic nitrogens is 2. The van der Waals surface area contributed by atoms with Gasteiger partial charge in [0, 0.05) is 24.9 Å². The highest BCUT2D eigenvalue weighted by Crippen LogP contribution is 2.37. The fraction of sp³-hybridized carbons (Fsp3) is 0.500. The summed E-state index contributed by atoms with van der Waals surface area (Å²) in [5.74, 6) is 0.645. The van der Waals surface area contributed by atoms with Crippen LogP contribution in [0, 0.1) is 0 Å². The molecule has 3 nitrogen and oxygen atoms in total. The van der Waals surface area contributed by atoms with Crippen molar-refractivity contribution >= 4 is 10.9 Å². The second-order valence-corrected chi connectivity index (χ2v) is 5.01. The first kappa shape index (κ1) is 10.8. The third kappa shape index (κ3) is 1.65. The lowest BCUT2D eigenvalue weighted by molar-refractivity contribution is 0.665. The normalized spacial score (nSPS) is 17.1. The van der Waals surface area contributed by atoms with Crippen LogP contribution in [0.3, 0.4) is 0 Å². The average molecular weight is 229 g/mol. The lowest BCUT2D eigenvalue weighted by Gasteiger charge is -2.07. The molecule has 1 heterocycles. The van der Waals surface area contributed by atoms with Gasteiger partial charge in [-0.05, 0) is 24.5 Å². The van der Waals surface area contributed by atoms with Crippen molar-refractivity contribution in [2.75, 3.05) is 0 Å². The highest BCUT2D eigenvalue weighted by Gasteiger charge is 2.23. The van der Waals surface area contributed by atoms with Crippen molar-refractivity contribution in [3.8, 4) is 0 Å². The largest absolute Gasteiger partial charge is 0.326 e. The fourth-order valence-electron chi connectivity index (χ4n) is 3.07. The maximum absolute atomic E-state index is 5.86. The van der Waals surface area contributed by atoms with Gasteiger partial charge in [0.1, 0.15) is 0 Å².